The summed E-state index contributed by atoms with van der Waals surface area (Å²) < 4.78 is 39.3. The first-order valence-electron chi connectivity index (χ1n) is 28.6. The fraction of sp³-hybridized carbons (Fsp3) is 0.525. The summed E-state index contributed by atoms with van der Waals surface area (Å²) in [7, 11) is 1.50. The van der Waals surface area contributed by atoms with E-state index in [1.165, 1.54) is 37.5 Å². The number of halogens is 2. The number of hydrogen-bond acceptors (Lipinski definition) is 14. The van der Waals surface area contributed by atoms with Crippen molar-refractivity contribution in [2.24, 2.45) is 23.0 Å². The maximum Gasteiger partial charge on any atom is 0.319 e. The van der Waals surface area contributed by atoms with Gasteiger partial charge in [0.2, 0.25) is 18.2 Å². The monoisotopic (exact) mass is 1100 g/mol. The quantitative estimate of drug-likeness (QED) is 0.0583. The van der Waals surface area contributed by atoms with Gasteiger partial charge in [0, 0.05) is 124 Å². The molecular weight excluding hydrogens is 1020 g/mol. The van der Waals surface area contributed by atoms with E-state index < -0.39 is 23.6 Å². The molecule has 0 spiro atoms. The standard InChI is InChI=1S/C60H72F2N10O6.CH5N/c1-7-11-50(56(75)64-36-73)71-31-40-26-43(13-14-46(40)58(71)77)69-20-16-38(17-21-69)30-67-22-24-68(25-23-67)34-60(18-19-60)35-78-59-65-54-48(55(66-59)70-32-41(8-2)72(42(9-3)33-70)57(76)37(5)6)29-63-53(52(54)62)47-28-44(74)27-39-12-15-49(61)45(10-4)51(39)47;1-2/h4,12-15,26-29,36-38,41-42,50,74H,7-9,11,16-25,30-35H2,1-3,5-6H3,(H,64,73,75);2H2,1H3. The topological polar surface area (TPSA) is 194 Å². The molecule has 1 aliphatic carbocycles. The number of anilines is 2. The number of carbonyl (C=O) groups excluding carboxylic acids is 4. The van der Waals surface area contributed by atoms with Gasteiger partial charge in [-0.1, -0.05) is 53.0 Å². The molecule has 4 amide bonds. The number of ether oxygens (including phenoxy) is 1. The second kappa shape index (κ2) is 24.8. The molecule has 4 aliphatic heterocycles. The maximum absolute atomic E-state index is 17.5. The number of pyridine rings is 1. The van der Waals surface area contributed by atoms with Gasteiger partial charge in [-0.15, -0.1) is 6.42 Å². The Balaban J connectivity index is 0.00000383. The van der Waals surface area contributed by atoms with Gasteiger partial charge in [0.1, 0.15) is 34.6 Å². The average Bonchev–Trinajstić information content (AvgIpc) is 4.29. The molecule has 5 aromatic rings. The van der Waals surface area contributed by atoms with Crippen LogP contribution < -0.4 is 25.6 Å². The van der Waals surface area contributed by atoms with Gasteiger partial charge in [0.25, 0.3) is 5.91 Å². The van der Waals surface area contributed by atoms with E-state index >= 15 is 8.78 Å². The van der Waals surface area contributed by atoms with E-state index in [0.717, 1.165) is 89.3 Å². The van der Waals surface area contributed by atoms with Crippen molar-refractivity contribution in [3.8, 4) is 35.4 Å². The summed E-state index contributed by atoms with van der Waals surface area (Å²) in [5, 5.41) is 14.1. The zero-order valence-corrected chi connectivity index (χ0v) is 47.1. The predicted molar refractivity (Wildman–Crippen MR) is 306 cm³/mol. The number of rotatable bonds is 18. The Morgan fingerprint density at radius 3 is 2.27 bits per heavy atom. The SMILES string of the molecule is C#Cc1c(F)ccc2cc(O)cc(-c3ncc4c(N5CC(CC)N(C(=O)C(C)C)C(CC)C5)nc(OCC5(CN6CCN(CC7CCN(c8ccc9c(c8)CN(C(CCC)C(=O)NC=O)C9=O)CC7)CC6)CC5)nc4c3F)c12.CN. The molecule has 426 valence electrons. The van der Waals surface area contributed by atoms with Crippen LogP contribution in [-0.2, 0) is 20.9 Å². The highest BCUT2D eigenvalue weighted by Crippen LogP contribution is 2.47. The molecule has 4 fully saturated rings. The second-order valence-electron chi connectivity index (χ2n) is 22.6. The van der Waals surface area contributed by atoms with Crippen molar-refractivity contribution in [3.05, 3.63) is 77.0 Å². The minimum absolute atomic E-state index is 0.0292. The van der Waals surface area contributed by atoms with Crippen molar-refractivity contribution >= 4 is 57.3 Å². The number of terminal acetylenes is 1. The highest BCUT2D eigenvalue weighted by molar-refractivity contribution is 6.04. The lowest BCUT2D eigenvalue weighted by molar-refractivity contribution is -0.140. The van der Waals surface area contributed by atoms with Gasteiger partial charge in [0.05, 0.1) is 17.6 Å². The molecule has 19 heteroatoms. The molecule has 3 unspecified atom stereocenters. The van der Waals surface area contributed by atoms with Crippen molar-refractivity contribution in [3.63, 3.8) is 0 Å². The van der Waals surface area contributed by atoms with Crippen molar-refractivity contribution in [2.75, 3.05) is 88.9 Å². The highest BCUT2D eigenvalue weighted by atomic mass is 19.1. The number of aromatic nitrogens is 3. The minimum atomic E-state index is -0.786. The number of carbonyl (C=O) groups is 4. The van der Waals surface area contributed by atoms with E-state index in [0.29, 0.717) is 86.4 Å². The van der Waals surface area contributed by atoms with Crippen LogP contribution in [0.15, 0.2) is 48.7 Å². The van der Waals surface area contributed by atoms with Crippen LogP contribution in [0.25, 0.3) is 32.9 Å². The number of piperidine rings is 1. The molecule has 0 bridgehead atoms. The number of phenolic OH excluding ortho intramolecular Hbond substituents is 1. The first-order valence-corrected chi connectivity index (χ1v) is 28.6. The fourth-order valence-electron chi connectivity index (χ4n) is 12.5. The molecule has 6 heterocycles. The first-order chi connectivity index (χ1) is 38.7. The van der Waals surface area contributed by atoms with Gasteiger partial charge >= 0.3 is 6.01 Å². The summed E-state index contributed by atoms with van der Waals surface area (Å²) in [6, 6.07) is 10.6. The Bertz CT molecular complexity index is 3140. The Hall–Kier alpha value is -7.01. The number of aromatic hydroxyl groups is 1. The third kappa shape index (κ3) is 11.8. The number of phenols is 1. The largest absolute Gasteiger partial charge is 0.508 e. The van der Waals surface area contributed by atoms with Crippen LogP contribution in [0.1, 0.15) is 107 Å². The third-order valence-electron chi connectivity index (χ3n) is 17.1. The number of imide groups is 1. The van der Waals surface area contributed by atoms with Gasteiger partial charge in [-0.2, -0.15) is 9.97 Å². The number of nitrogens with one attached hydrogen (secondary N) is 1. The molecule has 4 N–H and O–H groups in total. The Morgan fingerprint density at radius 2 is 1.64 bits per heavy atom. The van der Waals surface area contributed by atoms with E-state index in [1.54, 1.807) is 4.90 Å². The number of benzene rings is 3. The van der Waals surface area contributed by atoms with Gasteiger partial charge in [-0.05, 0) is 105 Å². The van der Waals surface area contributed by atoms with Crippen LogP contribution in [0, 0.1) is 41.2 Å². The van der Waals surface area contributed by atoms with Gasteiger partial charge in [0.15, 0.2) is 5.82 Å². The summed E-state index contributed by atoms with van der Waals surface area (Å²) in [4.78, 5) is 78.3. The van der Waals surface area contributed by atoms with Gasteiger partial charge in [-0.3, -0.25) is 29.5 Å². The summed E-state index contributed by atoms with van der Waals surface area (Å²) in [5.41, 5.74) is 6.89. The number of amides is 4. The molecule has 17 nitrogen and oxygen atoms in total. The van der Waals surface area contributed by atoms with Crippen LogP contribution in [-0.4, -0.2) is 161 Å². The zero-order valence-electron chi connectivity index (χ0n) is 47.1. The average molecular weight is 1100 g/mol. The Kier molecular flexibility index (Phi) is 17.9. The second-order valence-corrected chi connectivity index (χ2v) is 22.6. The molecule has 1 saturated carbocycles. The van der Waals surface area contributed by atoms with Crippen LogP contribution >= 0.6 is 0 Å². The molecule has 2 aromatic heterocycles. The zero-order chi connectivity index (χ0) is 57.0. The van der Waals surface area contributed by atoms with Crippen LogP contribution in [0.2, 0.25) is 0 Å². The van der Waals surface area contributed by atoms with Crippen molar-refractivity contribution in [1.82, 2.24) is 39.9 Å². The summed E-state index contributed by atoms with van der Waals surface area (Å²) in [6.07, 6.45) is 14.4. The van der Waals surface area contributed by atoms with E-state index in [2.05, 4.69) is 61.5 Å². The number of hydrogen-bond donors (Lipinski definition) is 3. The molecule has 5 aliphatic rings. The third-order valence-corrected chi connectivity index (χ3v) is 17.1. The van der Waals surface area contributed by atoms with E-state index in [1.807, 2.05) is 37.8 Å². The number of nitrogens with two attached hydrogens (primary N) is 1. The van der Waals surface area contributed by atoms with Gasteiger partial charge < -0.3 is 45.0 Å². The first kappa shape index (κ1) is 57.7. The Morgan fingerprint density at radius 1 is 0.938 bits per heavy atom. The molecular formula is C61H77F2N11O6. The lowest BCUT2D eigenvalue weighted by Gasteiger charge is -2.47. The van der Waals surface area contributed by atoms with Gasteiger partial charge in [-0.25, -0.2) is 8.78 Å². The number of fused-ring (bicyclic) bond motifs is 3. The fourth-order valence-corrected chi connectivity index (χ4v) is 12.5. The van der Waals surface area contributed by atoms with E-state index in [-0.39, 0.29) is 74.7 Å². The highest BCUT2D eigenvalue weighted by Gasteiger charge is 2.46. The number of piperazine rings is 2. The molecule has 3 atom stereocenters. The van der Waals surface area contributed by atoms with E-state index in [4.69, 9.17) is 21.1 Å². The van der Waals surface area contributed by atoms with Crippen molar-refractivity contribution in [2.45, 2.75) is 111 Å². The van der Waals surface area contributed by atoms with Crippen molar-refractivity contribution in [1.29, 1.82) is 0 Å². The predicted octanol–water partition coefficient (Wildman–Crippen LogP) is 7.34. The summed E-state index contributed by atoms with van der Waals surface area (Å²) >= 11 is 0. The van der Waals surface area contributed by atoms with E-state index in [9.17, 15) is 24.3 Å². The molecule has 80 heavy (non-hydrogen) atoms. The smallest absolute Gasteiger partial charge is 0.319 e. The van der Waals surface area contributed by atoms with Crippen LogP contribution in [0.3, 0.4) is 0 Å². The van der Waals surface area contributed by atoms with Crippen LogP contribution in [0.4, 0.5) is 20.3 Å². The molecule has 0 radical (unpaired) electrons. The summed E-state index contributed by atoms with van der Waals surface area (Å²) in [5.74, 6) is 1.16. The maximum atomic E-state index is 17.5. The molecule has 3 saturated heterocycles. The lowest BCUT2D eigenvalue weighted by Crippen LogP contribution is -2.61. The van der Waals surface area contributed by atoms with Crippen LogP contribution in [0.5, 0.6) is 11.8 Å². The van der Waals surface area contributed by atoms with Crippen molar-refractivity contribution < 1.29 is 37.8 Å². The molecule has 3 aromatic carbocycles. The number of nitrogens with zero attached hydrogens (tertiary/aromatic N) is 9. The minimum Gasteiger partial charge on any atom is -0.508 e. The summed E-state index contributed by atoms with van der Waals surface area (Å²) in [6.45, 7) is 19.1. The lowest BCUT2D eigenvalue weighted by atomic mass is 9.95. The molecule has 10 rings (SSSR count). The normalized spacial score (nSPS) is 19.9. The Labute approximate surface area is 468 Å².